The summed E-state index contributed by atoms with van der Waals surface area (Å²) in [7, 11) is 0. The van der Waals surface area contributed by atoms with Gasteiger partial charge in [0.05, 0.1) is 0 Å². The van der Waals surface area contributed by atoms with E-state index in [4.69, 9.17) is 34.8 Å². The lowest BCUT2D eigenvalue weighted by Gasteiger charge is -2.12. The van der Waals surface area contributed by atoms with Crippen LogP contribution in [0.5, 0.6) is 0 Å². The van der Waals surface area contributed by atoms with E-state index in [2.05, 4.69) is 5.32 Å². The van der Waals surface area contributed by atoms with E-state index in [1.807, 2.05) is 19.9 Å². The average Bonchev–Trinajstić information content (AvgIpc) is 1.99. The number of alkyl halides is 3. The Bertz CT molecular complexity index is 364. The molecule has 1 aromatic carbocycles. The van der Waals surface area contributed by atoms with Crippen molar-refractivity contribution in [2.75, 3.05) is 5.32 Å². The van der Waals surface area contributed by atoms with Gasteiger partial charge in [-0.05, 0) is 37.1 Å². The third-order valence-corrected chi connectivity index (χ3v) is 2.25. The van der Waals surface area contributed by atoms with Crippen LogP contribution in [0.25, 0.3) is 0 Å². The fourth-order valence-electron chi connectivity index (χ4n) is 1.25. The van der Waals surface area contributed by atoms with Gasteiger partial charge < -0.3 is 5.32 Å². The third-order valence-electron chi connectivity index (χ3n) is 1.74. The first-order valence-electron chi connectivity index (χ1n) is 4.25. The smallest absolute Gasteiger partial charge is 0.276 e. The third kappa shape index (κ3) is 3.90. The van der Waals surface area contributed by atoms with Crippen LogP contribution in [0.1, 0.15) is 11.1 Å². The second-order valence-electron chi connectivity index (χ2n) is 3.33. The Morgan fingerprint density at radius 3 is 2.00 bits per heavy atom. The molecule has 0 unspecified atom stereocenters. The highest BCUT2D eigenvalue weighted by atomic mass is 35.6. The minimum atomic E-state index is -1.93. The van der Waals surface area contributed by atoms with Gasteiger partial charge in [-0.2, -0.15) is 0 Å². The number of hydrogen-bond donors (Lipinski definition) is 1. The highest BCUT2D eigenvalue weighted by molar-refractivity contribution is 6.76. The lowest BCUT2D eigenvalue weighted by atomic mass is 10.1. The molecule has 0 spiro atoms. The molecule has 1 rings (SSSR count). The summed E-state index contributed by atoms with van der Waals surface area (Å²) < 4.78 is -1.93. The number of carbonyl (C=O) groups excluding carboxylic acids is 1. The molecule has 1 amide bonds. The predicted molar refractivity (Wildman–Crippen MR) is 64.8 cm³/mol. The molecule has 0 aromatic heterocycles. The molecule has 0 atom stereocenters. The summed E-state index contributed by atoms with van der Waals surface area (Å²) in [6.45, 7) is 3.86. The molecule has 0 aliphatic heterocycles. The van der Waals surface area contributed by atoms with E-state index in [1.54, 1.807) is 12.1 Å². The van der Waals surface area contributed by atoms with Crippen molar-refractivity contribution in [3.8, 4) is 0 Å². The van der Waals surface area contributed by atoms with Gasteiger partial charge in [0.15, 0.2) is 0 Å². The van der Waals surface area contributed by atoms with E-state index in [0.717, 1.165) is 11.1 Å². The Balaban J connectivity index is 2.86. The molecule has 0 radical (unpaired) electrons. The maximum absolute atomic E-state index is 11.3. The van der Waals surface area contributed by atoms with E-state index in [-0.39, 0.29) is 0 Å². The van der Waals surface area contributed by atoms with Crippen LogP contribution >= 0.6 is 34.8 Å². The zero-order valence-corrected chi connectivity index (χ0v) is 10.5. The maximum Gasteiger partial charge on any atom is 0.276 e. The second-order valence-corrected chi connectivity index (χ2v) is 5.61. The van der Waals surface area contributed by atoms with Crippen LogP contribution < -0.4 is 5.32 Å². The minimum Gasteiger partial charge on any atom is -0.322 e. The van der Waals surface area contributed by atoms with Crippen molar-refractivity contribution in [2.24, 2.45) is 0 Å². The van der Waals surface area contributed by atoms with E-state index >= 15 is 0 Å². The molecular weight excluding hydrogens is 256 g/mol. The first-order chi connectivity index (χ1) is 6.79. The summed E-state index contributed by atoms with van der Waals surface area (Å²) in [6.07, 6.45) is 0. The molecule has 0 aliphatic carbocycles. The van der Waals surface area contributed by atoms with Crippen LogP contribution in [0.15, 0.2) is 18.2 Å². The summed E-state index contributed by atoms with van der Waals surface area (Å²) in [6, 6.07) is 5.60. The Kier molecular flexibility index (Phi) is 3.87. The molecule has 1 N–H and O–H groups in total. The lowest BCUT2D eigenvalue weighted by Crippen LogP contribution is -2.26. The van der Waals surface area contributed by atoms with Crippen molar-refractivity contribution in [3.63, 3.8) is 0 Å². The second kappa shape index (κ2) is 4.60. The number of rotatable bonds is 1. The summed E-state index contributed by atoms with van der Waals surface area (Å²) in [5.74, 6) is -0.655. The molecule has 0 saturated heterocycles. The van der Waals surface area contributed by atoms with Gasteiger partial charge in [-0.15, -0.1) is 0 Å². The first-order valence-corrected chi connectivity index (χ1v) is 5.39. The van der Waals surface area contributed by atoms with Gasteiger partial charge in [-0.3, -0.25) is 4.79 Å². The Morgan fingerprint density at radius 2 is 1.60 bits per heavy atom. The summed E-state index contributed by atoms with van der Waals surface area (Å²) >= 11 is 16.3. The predicted octanol–water partition coefficient (Wildman–Crippen LogP) is 3.61. The molecule has 0 heterocycles. The Hall–Kier alpha value is -0.440. The van der Waals surface area contributed by atoms with Gasteiger partial charge >= 0.3 is 0 Å². The van der Waals surface area contributed by atoms with Crippen molar-refractivity contribution >= 4 is 46.4 Å². The standard InChI is InChI=1S/C10H10Cl3NO/c1-6-3-7(2)5-8(4-6)14-9(15)10(11,12)13/h3-5H,1-2H3,(H,14,15). The molecule has 1 aromatic rings. The van der Waals surface area contributed by atoms with Gasteiger partial charge in [0, 0.05) is 5.69 Å². The lowest BCUT2D eigenvalue weighted by molar-refractivity contribution is -0.115. The molecule has 82 valence electrons. The van der Waals surface area contributed by atoms with Gasteiger partial charge in [0.25, 0.3) is 9.70 Å². The molecular formula is C10H10Cl3NO. The molecule has 0 bridgehead atoms. The number of halogens is 3. The Morgan fingerprint density at radius 1 is 1.13 bits per heavy atom. The highest BCUT2D eigenvalue weighted by Crippen LogP contribution is 2.28. The minimum absolute atomic E-state index is 0.629. The summed E-state index contributed by atoms with van der Waals surface area (Å²) in [4.78, 5) is 11.3. The monoisotopic (exact) mass is 265 g/mol. The van der Waals surface area contributed by atoms with Gasteiger partial charge in [-0.25, -0.2) is 0 Å². The van der Waals surface area contributed by atoms with Crippen LogP contribution in [0.2, 0.25) is 0 Å². The van der Waals surface area contributed by atoms with Gasteiger partial charge in [-0.1, -0.05) is 40.9 Å². The van der Waals surface area contributed by atoms with E-state index in [0.29, 0.717) is 5.69 Å². The first kappa shape index (κ1) is 12.6. The summed E-state index contributed by atoms with van der Waals surface area (Å²) in [5.41, 5.74) is 2.70. The number of nitrogens with one attached hydrogen (secondary N) is 1. The maximum atomic E-state index is 11.3. The number of anilines is 1. The zero-order chi connectivity index (χ0) is 11.6. The van der Waals surface area contributed by atoms with Crippen LogP contribution in [-0.2, 0) is 4.79 Å². The molecule has 5 heteroatoms. The van der Waals surface area contributed by atoms with Crippen molar-refractivity contribution in [3.05, 3.63) is 29.3 Å². The normalized spacial score (nSPS) is 11.3. The molecule has 2 nitrogen and oxygen atoms in total. The zero-order valence-electron chi connectivity index (χ0n) is 8.27. The summed E-state index contributed by atoms with van der Waals surface area (Å²) in [5, 5.41) is 2.53. The quantitative estimate of drug-likeness (QED) is 0.773. The number of carbonyl (C=O) groups is 1. The molecule has 15 heavy (non-hydrogen) atoms. The van der Waals surface area contributed by atoms with Crippen LogP contribution in [0.4, 0.5) is 5.69 Å². The number of hydrogen-bond acceptors (Lipinski definition) is 1. The highest BCUT2D eigenvalue weighted by Gasteiger charge is 2.30. The number of amides is 1. The van der Waals surface area contributed by atoms with Gasteiger partial charge in [0.1, 0.15) is 0 Å². The fraction of sp³-hybridized carbons (Fsp3) is 0.300. The number of benzene rings is 1. The molecule has 0 fully saturated rings. The van der Waals surface area contributed by atoms with Crippen LogP contribution in [-0.4, -0.2) is 9.70 Å². The molecule has 0 saturated carbocycles. The van der Waals surface area contributed by atoms with E-state index in [1.165, 1.54) is 0 Å². The van der Waals surface area contributed by atoms with Crippen molar-refractivity contribution < 1.29 is 4.79 Å². The van der Waals surface area contributed by atoms with Gasteiger partial charge in [0.2, 0.25) is 0 Å². The fourth-order valence-corrected chi connectivity index (χ4v) is 1.39. The largest absolute Gasteiger partial charge is 0.322 e. The van der Waals surface area contributed by atoms with Crippen molar-refractivity contribution in [1.82, 2.24) is 0 Å². The van der Waals surface area contributed by atoms with E-state index < -0.39 is 9.70 Å². The Labute approximate surface area is 104 Å². The SMILES string of the molecule is Cc1cc(C)cc(NC(=O)C(Cl)(Cl)Cl)c1. The van der Waals surface area contributed by atoms with E-state index in [9.17, 15) is 4.79 Å². The van der Waals surface area contributed by atoms with Crippen LogP contribution in [0, 0.1) is 13.8 Å². The van der Waals surface area contributed by atoms with Crippen molar-refractivity contribution in [2.45, 2.75) is 17.6 Å². The average molecular weight is 267 g/mol. The topological polar surface area (TPSA) is 29.1 Å². The number of aryl methyl sites for hydroxylation is 2. The van der Waals surface area contributed by atoms with Crippen LogP contribution in [0.3, 0.4) is 0 Å². The van der Waals surface area contributed by atoms with Crippen molar-refractivity contribution in [1.29, 1.82) is 0 Å². The molecule has 0 aliphatic rings.